The fraction of sp³-hybridized carbons (Fsp3) is 0.167. The minimum atomic E-state index is -0.109. The Morgan fingerprint density at radius 1 is 1.28 bits per heavy atom. The quantitative estimate of drug-likeness (QED) is 0.680. The van der Waals surface area contributed by atoms with Crippen LogP contribution in [0.15, 0.2) is 53.1 Å². The minimum Gasteiger partial charge on any atom is -0.461 e. The number of rotatable bonds is 5. The lowest BCUT2D eigenvalue weighted by molar-refractivity contribution is 0.00803. The predicted octanol–water partition coefficient (Wildman–Crippen LogP) is 4.14. The van der Waals surface area contributed by atoms with Gasteiger partial charge in [0.15, 0.2) is 5.76 Å². The summed E-state index contributed by atoms with van der Waals surface area (Å²) in [5.74, 6) is 0.236. The van der Waals surface area contributed by atoms with Crippen molar-refractivity contribution in [1.82, 2.24) is 10.6 Å². The molecule has 1 aliphatic heterocycles. The molecule has 1 fully saturated rings. The molecule has 0 unspecified atom stereocenters. The predicted molar refractivity (Wildman–Crippen MR) is 96.4 cm³/mol. The van der Waals surface area contributed by atoms with Crippen molar-refractivity contribution >= 4 is 28.7 Å². The summed E-state index contributed by atoms with van der Waals surface area (Å²) in [6, 6.07) is 13.0. The summed E-state index contributed by atoms with van der Waals surface area (Å²) in [7, 11) is 0. The maximum absolute atomic E-state index is 12.6. The second kappa shape index (κ2) is 7.11. The lowest BCUT2D eigenvalue weighted by atomic mass is 10.1. The van der Waals surface area contributed by atoms with Gasteiger partial charge in [0, 0.05) is 23.0 Å². The highest BCUT2D eigenvalue weighted by atomic mass is 35.5. The first kappa shape index (κ1) is 16.5. The molecule has 0 aliphatic carbocycles. The molecule has 4 rings (SSSR count). The van der Waals surface area contributed by atoms with E-state index < -0.39 is 0 Å². The van der Waals surface area contributed by atoms with Crippen molar-refractivity contribution in [1.29, 1.82) is 0 Å². The number of halogens is 1. The molecule has 0 atom stereocenters. The van der Waals surface area contributed by atoms with E-state index in [1.165, 1.54) is 17.6 Å². The number of nitrogens with one attached hydrogen (secondary N) is 1. The van der Waals surface area contributed by atoms with E-state index in [4.69, 9.17) is 20.9 Å². The van der Waals surface area contributed by atoms with Crippen LogP contribution < -0.4 is 5.59 Å². The Kier molecular flexibility index (Phi) is 4.70. The Morgan fingerprint density at radius 2 is 2.12 bits per heavy atom. The van der Waals surface area contributed by atoms with E-state index in [2.05, 4.69) is 5.59 Å². The van der Waals surface area contributed by atoms with Gasteiger partial charge >= 0.3 is 0 Å². The number of benzene rings is 1. The van der Waals surface area contributed by atoms with Crippen LogP contribution in [0.3, 0.4) is 0 Å². The van der Waals surface area contributed by atoms with E-state index in [1.807, 2.05) is 35.3 Å². The average Bonchev–Trinajstić information content (AvgIpc) is 3.37. The molecule has 1 saturated heterocycles. The van der Waals surface area contributed by atoms with Crippen LogP contribution >= 0.6 is 22.9 Å². The minimum absolute atomic E-state index is 0.109. The molecule has 0 bridgehead atoms. The first-order chi connectivity index (χ1) is 12.2. The molecular weight excluding hydrogens is 360 g/mol. The molecule has 1 aromatic carbocycles. The number of hydrogen-bond donors (Lipinski definition) is 1. The zero-order valence-corrected chi connectivity index (χ0v) is 14.8. The highest BCUT2D eigenvalue weighted by Crippen LogP contribution is 2.35. The number of hydrogen-bond acceptors (Lipinski definition) is 6. The molecule has 3 heterocycles. The molecule has 2 aromatic heterocycles. The van der Waals surface area contributed by atoms with Gasteiger partial charge in [0.05, 0.1) is 17.7 Å². The molecule has 0 spiro atoms. The summed E-state index contributed by atoms with van der Waals surface area (Å²) in [4.78, 5) is 19.5. The zero-order valence-electron chi connectivity index (χ0n) is 13.2. The summed E-state index contributed by atoms with van der Waals surface area (Å²) in [5.41, 5.74) is 4.96. The highest BCUT2D eigenvalue weighted by Gasteiger charge is 2.21. The maximum atomic E-state index is 12.6. The molecule has 1 aliphatic rings. The third-order valence-electron chi connectivity index (χ3n) is 3.90. The van der Waals surface area contributed by atoms with Crippen LogP contribution in [0.25, 0.3) is 10.4 Å². The third-order valence-corrected chi connectivity index (χ3v) is 5.38. The molecule has 0 amide bonds. The zero-order chi connectivity index (χ0) is 17.2. The van der Waals surface area contributed by atoms with Crippen molar-refractivity contribution in [2.24, 2.45) is 0 Å². The largest absolute Gasteiger partial charge is 0.461 e. The number of nitrogens with zero attached hydrogens (tertiary/aromatic N) is 1. The van der Waals surface area contributed by atoms with Crippen molar-refractivity contribution in [3.05, 3.63) is 70.0 Å². The number of carbonyl (C=O) groups is 1. The number of carbonyl (C=O) groups excluding carboxylic acids is 1. The van der Waals surface area contributed by atoms with Gasteiger partial charge in [-0.1, -0.05) is 23.7 Å². The molecular formula is C18H15ClN2O3S. The second-order valence-corrected chi connectivity index (χ2v) is 7.13. The summed E-state index contributed by atoms with van der Waals surface area (Å²) >= 11 is 7.46. The summed E-state index contributed by atoms with van der Waals surface area (Å²) < 4.78 is 5.25. The highest BCUT2D eigenvalue weighted by molar-refractivity contribution is 7.17. The van der Waals surface area contributed by atoms with E-state index in [1.54, 1.807) is 12.1 Å². The van der Waals surface area contributed by atoms with Crippen molar-refractivity contribution in [3.8, 4) is 10.4 Å². The van der Waals surface area contributed by atoms with Crippen LogP contribution in [0.5, 0.6) is 0 Å². The fourth-order valence-electron chi connectivity index (χ4n) is 2.69. The van der Waals surface area contributed by atoms with E-state index in [-0.39, 0.29) is 5.78 Å². The Labute approximate surface area is 153 Å². The molecule has 0 radical (unpaired) electrons. The molecule has 3 aromatic rings. The number of thiophene rings is 1. The topological polar surface area (TPSA) is 54.7 Å². The summed E-state index contributed by atoms with van der Waals surface area (Å²) in [6.07, 6.45) is 1.51. The van der Waals surface area contributed by atoms with Gasteiger partial charge in [-0.25, -0.2) is 5.01 Å². The van der Waals surface area contributed by atoms with E-state index in [9.17, 15) is 4.79 Å². The summed E-state index contributed by atoms with van der Waals surface area (Å²) in [5, 5.41) is 2.66. The van der Waals surface area contributed by atoms with Crippen molar-refractivity contribution in [3.63, 3.8) is 0 Å². The monoisotopic (exact) mass is 374 g/mol. The smallest absolute Gasteiger partial charge is 0.238 e. The molecule has 0 saturated carbocycles. The van der Waals surface area contributed by atoms with Crippen molar-refractivity contribution in [2.45, 2.75) is 6.54 Å². The third kappa shape index (κ3) is 3.53. The first-order valence-electron chi connectivity index (χ1n) is 7.80. The maximum Gasteiger partial charge on any atom is 0.238 e. The fourth-order valence-corrected chi connectivity index (χ4v) is 3.94. The van der Waals surface area contributed by atoms with Gasteiger partial charge in [-0.2, -0.15) is 0 Å². The molecule has 25 heavy (non-hydrogen) atoms. The van der Waals surface area contributed by atoms with Crippen LogP contribution in [-0.2, 0) is 11.4 Å². The Bertz CT molecular complexity index is 868. The van der Waals surface area contributed by atoms with Crippen LogP contribution in [0.4, 0.5) is 0 Å². The molecule has 1 N–H and O–H groups in total. The number of ketones is 1. The van der Waals surface area contributed by atoms with Gasteiger partial charge < -0.3 is 4.42 Å². The average molecular weight is 375 g/mol. The van der Waals surface area contributed by atoms with Gasteiger partial charge in [0.2, 0.25) is 5.78 Å². The molecule has 128 valence electrons. The number of furan rings is 1. The SMILES string of the molecule is O=C(c1ccco1)c1cc(CN2CCON2)c(-c2ccc(Cl)cc2)s1. The Hall–Kier alpha value is -1.96. The van der Waals surface area contributed by atoms with Gasteiger partial charge in [-0.3, -0.25) is 9.63 Å². The van der Waals surface area contributed by atoms with Gasteiger partial charge in [0.25, 0.3) is 0 Å². The van der Waals surface area contributed by atoms with E-state index in [0.717, 1.165) is 22.5 Å². The first-order valence-corrected chi connectivity index (χ1v) is 8.99. The van der Waals surface area contributed by atoms with Crippen LogP contribution in [0, 0.1) is 0 Å². The van der Waals surface area contributed by atoms with Crippen molar-refractivity contribution in [2.75, 3.05) is 13.2 Å². The standard InChI is InChI=1S/C18H15ClN2O3S/c19-14-5-3-12(4-6-14)18-13(11-21-7-9-24-20-21)10-16(25-18)17(22)15-2-1-8-23-15/h1-6,8,10,20H,7,9,11H2. The van der Waals surface area contributed by atoms with Crippen LogP contribution in [-0.4, -0.2) is 23.9 Å². The van der Waals surface area contributed by atoms with Gasteiger partial charge in [0.1, 0.15) is 0 Å². The summed E-state index contributed by atoms with van der Waals surface area (Å²) in [6.45, 7) is 2.07. The lowest BCUT2D eigenvalue weighted by Crippen LogP contribution is -2.29. The Morgan fingerprint density at radius 3 is 2.80 bits per heavy atom. The molecule has 5 nitrogen and oxygen atoms in total. The lowest BCUT2D eigenvalue weighted by Gasteiger charge is -2.13. The van der Waals surface area contributed by atoms with Crippen molar-refractivity contribution < 1.29 is 14.0 Å². The van der Waals surface area contributed by atoms with E-state index >= 15 is 0 Å². The van der Waals surface area contributed by atoms with Gasteiger partial charge in [-0.15, -0.1) is 16.9 Å². The second-order valence-electron chi connectivity index (χ2n) is 5.64. The number of hydrazine groups is 1. The van der Waals surface area contributed by atoms with Crippen LogP contribution in [0.2, 0.25) is 5.02 Å². The van der Waals surface area contributed by atoms with E-state index in [0.29, 0.717) is 28.8 Å². The normalized spacial score (nSPS) is 14.9. The van der Waals surface area contributed by atoms with Gasteiger partial charge in [-0.05, 0) is 41.5 Å². The van der Waals surface area contributed by atoms with Crippen LogP contribution in [0.1, 0.15) is 21.0 Å². The molecule has 7 heteroatoms. The Balaban J connectivity index is 1.71.